The molecule has 1 saturated heterocycles. The Balaban J connectivity index is 2.25. The zero-order chi connectivity index (χ0) is 14.3. The quantitative estimate of drug-likeness (QED) is 0.672. The molecule has 2 amide bonds. The van der Waals surface area contributed by atoms with E-state index in [0.717, 1.165) is 6.54 Å². The van der Waals surface area contributed by atoms with E-state index in [9.17, 15) is 9.59 Å². The van der Waals surface area contributed by atoms with Crippen LogP contribution < -0.4 is 5.32 Å². The van der Waals surface area contributed by atoms with Crippen molar-refractivity contribution >= 4 is 23.8 Å². The van der Waals surface area contributed by atoms with Crippen molar-refractivity contribution < 1.29 is 19.4 Å². The first-order valence-corrected chi connectivity index (χ1v) is 7.24. The summed E-state index contributed by atoms with van der Waals surface area (Å²) in [4.78, 5) is 26.2. The molecule has 1 atom stereocenters. The average molecular weight is 291 g/mol. The first-order chi connectivity index (χ1) is 9.06. The van der Waals surface area contributed by atoms with E-state index in [0.29, 0.717) is 31.3 Å². The first kappa shape index (κ1) is 16.1. The minimum Gasteiger partial charge on any atom is -0.480 e. The number of methoxy groups -OCH3 is 1. The zero-order valence-electron chi connectivity index (χ0n) is 11.3. The number of nitrogens with zero attached hydrogens (tertiary/aromatic N) is 2. The van der Waals surface area contributed by atoms with Gasteiger partial charge in [-0.3, -0.25) is 0 Å². The number of thioether (sulfide) groups is 1. The van der Waals surface area contributed by atoms with Crippen LogP contribution in [0.2, 0.25) is 0 Å². The molecule has 19 heavy (non-hydrogen) atoms. The van der Waals surface area contributed by atoms with Crippen molar-refractivity contribution in [3.63, 3.8) is 0 Å². The van der Waals surface area contributed by atoms with E-state index < -0.39 is 12.0 Å². The highest BCUT2D eigenvalue weighted by Gasteiger charge is 2.34. The van der Waals surface area contributed by atoms with Crippen LogP contribution in [0.5, 0.6) is 0 Å². The van der Waals surface area contributed by atoms with Crippen LogP contribution >= 0.6 is 11.8 Å². The number of nitrogens with one attached hydrogen (secondary N) is 1. The maximum Gasteiger partial charge on any atom is 0.327 e. The molecule has 0 aliphatic carbocycles. The SMILES string of the molecule is COCCN(C)CCNC(=O)N1CSCC1C(=O)O. The van der Waals surface area contributed by atoms with Gasteiger partial charge in [-0.1, -0.05) is 0 Å². The van der Waals surface area contributed by atoms with Crippen LogP contribution in [0.3, 0.4) is 0 Å². The minimum atomic E-state index is -0.947. The second kappa shape index (κ2) is 8.23. The van der Waals surface area contributed by atoms with E-state index in [4.69, 9.17) is 9.84 Å². The molecule has 1 heterocycles. The number of likely N-dealkylation sites (N-methyl/N-ethyl adjacent to an activating group) is 1. The number of aliphatic carboxylic acids is 1. The van der Waals surface area contributed by atoms with Gasteiger partial charge in [-0.2, -0.15) is 0 Å². The monoisotopic (exact) mass is 291 g/mol. The number of amides is 2. The van der Waals surface area contributed by atoms with Gasteiger partial charge in [-0.25, -0.2) is 9.59 Å². The summed E-state index contributed by atoms with van der Waals surface area (Å²) in [5, 5.41) is 11.7. The van der Waals surface area contributed by atoms with E-state index in [1.807, 2.05) is 11.9 Å². The highest BCUT2D eigenvalue weighted by Crippen LogP contribution is 2.20. The molecule has 0 spiro atoms. The third-order valence-electron chi connectivity index (χ3n) is 2.88. The second-order valence-corrected chi connectivity index (χ2v) is 5.35. The number of carbonyl (C=O) groups excluding carboxylic acids is 1. The van der Waals surface area contributed by atoms with Crippen LogP contribution in [0.15, 0.2) is 0 Å². The Hall–Kier alpha value is -0.990. The number of carboxylic acid groups (broad SMARTS) is 1. The fourth-order valence-corrected chi connectivity index (χ4v) is 2.81. The minimum absolute atomic E-state index is 0.308. The van der Waals surface area contributed by atoms with Crippen LogP contribution in [0.4, 0.5) is 4.79 Å². The van der Waals surface area contributed by atoms with Crippen molar-refractivity contribution in [1.29, 1.82) is 0 Å². The highest BCUT2D eigenvalue weighted by atomic mass is 32.2. The van der Waals surface area contributed by atoms with Gasteiger partial charge >= 0.3 is 12.0 Å². The van der Waals surface area contributed by atoms with Gasteiger partial charge < -0.3 is 25.0 Å². The van der Waals surface area contributed by atoms with Crippen LogP contribution in [-0.4, -0.2) is 85.0 Å². The molecule has 1 rings (SSSR count). The largest absolute Gasteiger partial charge is 0.480 e. The standard InChI is InChI=1S/C11H21N3O4S/c1-13(5-6-18-2)4-3-12-11(17)14-8-19-7-9(14)10(15)16/h9H,3-8H2,1-2H3,(H,12,17)(H,15,16). The number of hydrogen-bond acceptors (Lipinski definition) is 5. The summed E-state index contributed by atoms with van der Waals surface area (Å²) >= 11 is 1.46. The number of ether oxygens (including phenoxy) is 1. The van der Waals surface area contributed by atoms with Crippen LogP contribution in [0.25, 0.3) is 0 Å². The van der Waals surface area contributed by atoms with Crippen LogP contribution in [0, 0.1) is 0 Å². The zero-order valence-corrected chi connectivity index (χ0v) is 12.1. The summed E-state index contributed by atoms with van der Waals surface area (Å²) in [5.41, 5.74) is 0. The molecule has 1 unspecified atom stereocenters. The summed E-state index contributed by atoms with van der Waals surface area (Å²) in [5.74, 6) is -0.0592. The number of hydrogen-bond donors (Lipinski definition) is 2. The van der Waals surface area contributed by atoms with Gasteiger partial charge in [0.1, 0.15) is 6.04 Å². The van der Waals surface area contributed by atoms with E-state index in [-0.39, 0.29) is 6.03 Å². The Kier molecular flexibility index (Phi) is 6.96. The summed E-state index contributed by atoms with van der Waals surface area (Å²) in [6.07, 6.45) is 0. The highest BCUT2D eigenvalue weighted by molar-refractivity contribution is 7.99. The molecule has 1 fully saturated rings. The van der Waals surface area contributed by atoms with Crippen LogP contribution in [-0.2, 0) is 9.53 Å². The Labute approximate surface area is 117 Å². The first-order valence-electron chi connectivity index (χ1n) is 6.08. The van der Waals surface area contributed by atoms with Gasteiger partial charge in [-0.15, -0.1) is 11.8 Å². The Morgan fingerprint density at radius 1 is 1.53 bits per heavy atom. The molecule has 0 bridgehead atoms. The lowest BCUT2D eigenvalue weighted by Crippen LogP contribution is -2.48. The molecule has 8 heteroatoms. The van der Waals surface area contributed by atoms with Crippen LogP contribution in [0.1, 0.15) is 0 Å². The van der Waals surface area contributed by atoms with Gasteiger partial charge in [0.2, 0.25) is 0 Å². The molecule has 0 aromatic heterocycles. The van der Waals surface area contributed by atoms with Gasteiger partial charge in [0.15, 0.2) is 0 Å². The number of rotatable bonds is 7. The van der Waals surface area contributed by atoms with E-state index >= 15 is 0 Å². The normalized spacial score (nSPS) is 18.9. The molecule has 2 N–H and O–H groups in total. The Morgan fingerprint density at radius 3 is 2.89 bits per heavy atom. The van der Waals surface area contributed by atoms with E-state index in [1.54, 1.807) is 7.11 Å². The molecule has 0 aromatic carbocycles. The molecule has 1 aliphatic heterocycles. The third-order valence-corrected chi connectivity index (χ3v) is 3.89. The molecule has 0 radical (unpaired) electrons. The van der Waals surface area contributed by atoms with E-state index in [1.165, 1.54) is 16.7 Å². The molecular weight excluding hydrogens is 270 g/mol. The molecule has 7 nitrogen and oxygen atoms in total. The second-order valence-electron chi connectivity index (χ2n) is 4.35. The maximum atomic E-state index is 11.9. The molecular formula is C11H21N3O4S. The van der Waals surface area contributed by atoms with Crippen molar-refractivity contribution in [1.82, 2.24) is 15.1 Å². The predicted molar refractivity (Wildman–Crippen MR) is 73.4 cm³/mol. The summed E-state index contributed by atoms with van der Waals surface area (Å²) < 4.78 is 4.96. The van der Waals surface area contributed by atoms with Crippen molar-refractivity contribution in [2.45, 2.75) is 6.04 Å². The summed E-state index contributed by atoms with van der Waals surface area (Å²) in [6, 6.07) is -1.02. The van der Waals surface area contributed by atoms with Gasteiger partial charge in [0.05, 0.1) is 12.5 Å². The van der Waals surface area contributed by atoms with Gasteiger partial charge in [0.25, 0.3) is 0 Å². The lowest BCUT2D eigenvalue weighted by molar-refractivity contribution is -0.140. The van der Waals surface area contributed by atoms with Crippen molar-refractivity contribution in [2.24, 2.45) is 0 Å². The van der Waals surface area contributed by atoms with Crippen molar-refractivity contribution in [3.8, 4) is 0 Å². The lowest BCUT2D eigenvalue weighted by Gasteiger charge is -2.22. The fourth-order valence-electron chi connectivity index (χ4n) is 1.66. The van der Waals surface area contributed by atoms with Crippen molar-refractivity contribution in [2.75, 3.05) is 52.0 Å². The Morgan fingerprint density at radius 2 is 2.26 bits per heavy atom. The molecule has 0 saturated carbocycles. The van der Waals surface area contributed by atoms with Crippen molar-refractivity contribution in [3.05, 3.63) is 0 Å². The van der Waals surface area contributed by atoms with Gasteiger partial charge in [-0.05, 0) is 7.05 Å². The molecule has 0 aromatic rings. The molecule has 1 aliphatic rings. The number of urea groups is 1. The number of carbonyl (C=O) groups is 2. The lowest BCUT2D eigenvalue weighted by atomic mass is 10.3. The fraction of sp³-hybridized carbons (Fsp3) is 0.818. The smallest absolute Gasteiger partial charge is 0.327 e. The molecule has 110 valence electrons. The predicted octanol–water partition coefficient (Wildman–Crippen LogP) is -0.266. The topological polar surface area (TPSA) is 82.1 Å². The van der Waals surface area contributed by atoms with E-state index in [2.05, 4.69) is 5.32 Å². The maximum absolute atomic E-state index is 11.9. The Bertz CT molecular complexity index is 316. The summed E-state index contributed by atoms with van der Waals surface area (Å²) in [7, 11) is 3.59. The summed E-state index contributed by atoms with van der Waals surface area (Å²) in [6.45, 7) is 2.64. The average Bonchev–Trinajstić information content (AvgIpc) is 2.85. The van der Waals surface area contributed by atoms with Gasteiger partial charge in [0, 0.05) is 32.5 Å². The number of carboxylic acids is 1. The third kappa shape index (κ3) is 5.25.